The van der Waals surface area contributed by atoms with Crippen LogP contribution in [0.15, 0.2) is 29.6 Å². The van der Waals surface area contributed by atoms with Gasteiger partial charge in [0.15, 0.2) is 0 Å². The van der Waals surface area contributed by atoms with Gasteiger partial charge in [-0.1, -0.05) is 31.5 Å². The Morgan fingerprint density at radius 2 is 2.09 bits per heavy atom. The molecule has 2 rings (SSSR count). The van der Waals surface area contributed by atoms with Crippen molar-refractivity contribution in [2.75, 3.05) is 14.2 Å². The molecule has 0 fully saturated rings. The van der Waals surface area contributed by atoms with Crippen LogP contribution < -0.4 is 4.74 Å². The van der Waals surface area contributed by atoms with Crippen LogP contribution in [0.5, 0.6) is 5.75 Å². The topological polar surface area (TPSA) is 25.4 Å². The van der Waals surface area contributed by atoms with E-state index in [2.05, 4.69) is 43.3 Å². The van der Waals surface area contributed by atoms with Gasteiger partial charge in [-0.15, -0.1) is 11.3 Å². The molecule has 1 aromatic carbocycles. The number of aromatic nitrogens is 1. The third-order valence-electron chi connectivity index (χ3n) is 4.01. The molecule has 0 amide bonds. The summed E-state index contributed by atoms with van der Waals surface area (Å²) < 4.78 is 5.48. The summed E-state index contributed by atoms with van der Waals surface area (Å²) in [7, 11) is 3.87. The third kappa shape index (κ3) is 4.31. The van der Waals surface area contributed by atoms with Crippen molar-refractivity contribution in [3.63, 3.8) is 0 Å². The minimum atomic E-state index is 0.289. The van der Waals surface area contributed by atoms with Crippen molar-refractivity contribution in [2.24, 2.45) is 0 Å². The maximum atomic E-state index is 5.48. The number of benzene rings is 1. The number of rotatable bonds is 8. The molecule has 0 spiro atoms. The second-order valence-electron chi connectivity index (χ2n) is 5.67. The molecule has 2 aromatic rings. The third-order valence-corrected chi connectivity index (χ3v) is 4.96. The summed E-state index contributed by atoms with van der Waals surface area (Å²) in [6.07, 6.45) is 3.55. The van der Waals surface area contributed by atoms with E-state index in [0.29, 0.717) is 0 Å². The first-order chi connectivity index (χ1) is 10.7. The van der Waals surface area contributed by atoms with E-state index in [9.17, 15) is 0 Å². The zero-order valence-corrected chi connectivity index (χ0v) is 14.8. The van der Waals surface area contributed by atoms with Crippen molar-refractivity contribution in [1.82, 2.24) is 9.88 Å². The number of unbranched alkanes of at least 4 members (excludes halogenated alkanes) is 1. The average Bonchev–Trinajstić information content (AvgIpc) is 2.99. The van der Waals surface area contributed by atoms with Gasteiger partial charge in [-0.2, -0.15) is 0 Å². The summed E-state index contributed by atoms with van der Waals surface area (Å²) in [5.74, 6) is 0.948. The Labute approximate surface area is 138 Å². The monoisotopic (exact) mass is 318 g/mol. The Hall–Kier alpha value is -1.39. The standard InChI is InChI=1S/C18H26N2OS/c1-5-6-11-18-19-15(13-22-18)12-20(3)14(2)16-9-7-8-10-17(16)21-4/h7-10,13-14H,5-6,11-12H2,1-4H3/t14-/m1/s1. The van der Waals surface area contributed by atoms with Gasteiger partial charge in [-0.25, -0.2) is 4.98 Å². The molecule has 0 aliphatic rings. The molecule has 0 aliphatic heterocycles. The van der Waals surface area contributed by atoms with Gasteiger partial charge in [-0.05, 0) is 32.9 Å². The highest BCUT2D eigenvalue weighted by atomic mass is 32.1. The summed E-state index contributed by atoms with van der Waals surface area (Å²) in [4.78, 5) is 7.07. The van der Waals surface area contributed by atoms with Crippen LogP contribution >= 0.6 is 11.3 Å². The van der Waals surface area contributed by atoms with Crippen molar-refractivity contribution in [1.29, 1.82) is 0 Å². The lowest BCUT2D eigenvalue weighted by atomic mass is 10.1. The second kappa shape index (κ2) is 8.30. The van der Waals surface area contributed by atoms with E-state index >= 15 is 0 Å². The fourth-order valence-electron chi connectivity index (χ4n) is 2.51. The lowest BCUT2D eigenvalue weighted by Gasteiger charge is -2.25. The van der Waals surface area contributed by atoms with Crippen molar-refractivity contribution in [3.05, 3.63) is 45.9 Å². The first-order valence-electron chi connectivity index (χ1n) is 7.92. The van der Waals surface area contributed by atoms with Crippen molar-refractivity contribution in [3.8, 4) is 5.75 Å². The zero-order chi connectivity index (χ0) is 15.9. The molecule has 0 radical (unpaired) electrons. The smallest absolute Gasteiger partial charge is 0.123 e. The van der Waals surface area contributed by atoms with Gasteiger partial charge in [0.2, 0.25) is 0 Å². The quantitative estimate of drug-likeness (QED) is 0.706. The number of hydrogen-bond acceptors (Lipinski definition) is 4. The normalized spacial score (nSPS) is 12.6. The van der Waals surface area contributed by atoms with E-state index in [0.717, 1.165) is 18.7 Å². The fraction of sp³-hybridized carbons (Fsp3) is 0.500. The van der Waals surface area contributed by atoms with Crippen LogP contribution in [0.25, 0.3) is 0 Å². The maximum Gasteiger partial charge on any atom is 0.123 e. The van der Waals surface area contributed by atoms with Crippen molar-refractivity contribution in [2.45, 2.75) is 45.7 Å². The van der Waals surface area contributed by atoms with Crippen LogP contribution in [0.2, 0.25) is 0 Å². The lowest BCUT2D eigenvalue weighted by Crippen LogP contribution is -2.22. The number of thiazole rings is 1. The number of para-hydroxylation sites is 1. The van der Waals surface area contributed by atoms with Gasteiger partial charge in [0.05, 0.1) is 17.8 Å². The molecule has 120 valence electrons. The van der Waals surface area contributed by atoms with Gasteiger partial charge in [0, 0.05) is 23.5 Å². The van der Waals surface area contributed by atoms with Crippen LogP contribution in [0, 0.1) is 0 Å². The molecule has 0 saturated carbocycles. The Morgan fingerprint density at radius 3 is 2.82 bits per heavy atom. The van der Waals surface area contributed by atoms with Gasteiger partial charge in [0.25, 0.3) is 0 Å². The Kier molecular flexibility index (Phi) is 6.40. The molecular formula is C18H26N2OS. The molecule has 0 unspecified atom stereocenters. The average molecular weight is 318 g/mol. The number of methoxy groups -OCH3 is 1. The summed E-state index contributed by atoms with van der Waals surface area (Å²) in [6.45, 7) is 5.29. The predicted octanol–water partition coefficient (Wildman–Crippen LogP) is 4.69. The first kappa shape index (κ1) is 17.0. The van der Waals surface area contributed by atoms with Gasteiger partial charge < -0.3 is 4.74 Å². The van der Waals surface area contributed by atoms with E-state index in [1.54, 1.807) is 18.4 Å². The fourth-order valence-corrected chi connectivity index (χ4v) is 3.34. The number of hydrogen-bond donors (Lipinski definition) is 0. The minimum Gasteiger partial charge on any atom is -0.496 e. The van der Waals surface area contributed by atoms with Crippen LogP contribution in [0.4, 0.5) is 0 Å². The van der Waals surface area contributed by atoms with E-state index < -0.39 is 0 Å². The summed E-state index contributed by atoms with van der Waals surface area (Å²) >= 11 is 1.78. The van der Waals surface area contributed by atoms with Gasteiger partial charge in [-0.3, -0.25) is 4.90 Å². The van der Waals surface area contributed by atoms with E-state index in [1.807, 2.05) is 12.1 Å². The summed E-state index contributed by atoms with van der Waals surface area (Å²) in [5.41, 5.74) is 2.38. The highest BCUT2D eigenvalue weighted by molar-refractivity contribution is 7.09. The summed E-state index contributed by atoms with van der Waals surface area (Å²) in [6, 6.07) is 8.51. The lowest BCUT2D eigenvalue weighted by molar-refractivity contribution is 0.244. The molecule has 0 N–H and O–H groups in total. The van der Waals surface area contributed by atoms with E-state index in [-0.39, 0.29) is 6.04 Å². The number of ether oxygens (including phenoxy) is 1. The molecule has 1 heterocycles. The number of nitrogens with zero attached hydrogens (tertiary/aromatic N) is 2. The second-order valence-corrected chi connectivity index (χ2v) is 6.61. The molecule has 0 aliphatic carbocycles. The highest BCUT2D eigenvalue weighted by Gasteiger charge is 2.16. The highest BCUT2D eigenvalue weighted by Crippen LogP contribution is 2.29. The van der Waals surface area contributed by atoms with Gasteiger partial charge in [0.1, 0.15) is 5.75 Å². The maximum absolute atomic E-state index is 5.48. The first-order valence-corrected chi connectivity index (χ1v) is 8.80. The van der Waals surface area contributed by atoms with Crippen LogP contribution in [-0.4, -0.2) is 24.0 Å². The number of aryl methyl sites for hydroxylation is 1. The van der Waals surface area contributed by atoms with Crippen LogP contribution in [0.1, 0.15) is 49.0 Å². The van der Waals surface area contributed by atoms with Crippen molar-refractivity contribution < 1.29 is 4.74 Å². The van der Waals surface area contributed by atoms with Crippen molar-refractivity contribution >= 4 is 11.3 Å². The molecule has 22 heavy (non-hydrogen) atoms. The van der Waals surface area contributed by atoms with Crippen LogP contribution in [0.3, 0.4) is 0 Å². The Bertz CT molecular complexity index is 582. The molecule has 0 bridgehead atoms. The van der Waals surface area contributed by atoms with E-state index in [1.165, 1.54) is 29.1 Å². The molecule has 1 aromatic heterocycles. The summed E-state index contributed by atoms with van der Waals surface area (Å²) in [5, 5.41) is 3.45. The predicted molar refractivity (Wildman–Crippen MR) is 93.6 cm³/mol. The SMILES string of the molecule is CCCCc1nc(CN(C)[C@H](C)c2ccccc2OC)cs1. The largest absolute Gasteiger partial charge is 0.496 e. The molecule has 0 saturated heterocycles. The van der Waals surface area contributed by atoms with Gasteiger partial charge >= 0.3 is 0 Å². The molecule has 3 nitrogen and oxygen atoms in total. The zero-order valence-electron chi connectivity index (χ0n) is 14.0. The Balaban J connectivity index is 2.01. The minimum absolute atomic E-state index is 0.289. The molecule has 1 atom stereocenters. The Morgan fingerprint density at radius 1 is 1.32 bits per heavy atom. The van der Waals surface area contributed by atoms with E-state index in [4.69, 9.17) is 9.72 Å². The molecular weight excluding hydrogens is 292 g/mol. The van der Waals surface area contributed by atoms with Crippen LogP contribution in [-0.2, 0) is 13.0 Å². The molecule has 4 heteroatoms.